The maximum atomic E-state index is 12.8. The Labute approximate surface area is 215 Å². The van der Waals surface area contributed by atoms with E-state index in [2.05, 4.69) is 46.7 Å². The minimum atomic E-state index is -0.410. The quantitative estimate of drug-likeness (QED) is 0.371. The van der Waals surface area contributed by atoms with Crippen molar-refractivity contribution in [1.29, 1.82) is 5.41 Å². The van der Waals surface area contributed by atoms with E-state index in [1.165, 1.54) is 22.3 Å². The summed E-state index contributed by atoms with van der Waals surface area (Å²) in [4.78, 5) is 17.0. The van der Waals surface area contributed by atoms with Crippen LogP contribution < -0.4 is 4.74 Å². The molecular formula is C28H29N5O2S. The third-order valence-electron chi connectivity index (χ3n) is 6.58. The Morgan fingerprint density at radius 2 is 1.92 bits per heavy atom. The summed E-state index contributed by atoms with van der Waals surface area (Å²) in [5.74, 6) is 1.04. The van der Waals surface area contributed by atoms with Gasteiger partial charge in [-0.05, 0) is 60.4 Å². The van der Waals surface area contributed by atoms with Crippen LogP contribution in [0.2, 0.25) is 0 Å². The molecule has 8 heteroatoms. The molecule has 7 nitrogen and oxygen atoms in total. The lowest BCUT2D eigenvalue weighted by Crippen LogP contribution is -2.35. The second-order valence-corrected chi connectivity index (χ2v) is 9.93. The van der Waals surface area contributed by atoms with Gasteiger partial charge in [-0.25, -0.2) is 0 Å². The van der Waals surface area contributed by atoms with Crippen molar-refractivity contribution in [3.63, 3.8) is 0 Å². The highest BCUT2D eigenvalue weighted by molar-refractivity contribution is 8.26. The van der Waals surface area contributed by atoms with Gasteiger partial charge in [0.15, 0.2) is 5.84 Å². The largest absolute Gasteiger partial charge is 0.492 e. The third kappa shape index (κ3) is 4.60. The van der Waals surface area contributed by atoms with Crippen LogP contribution in [0.1, 0.15) is 50.7 Å². The summed E-state index contributed by atoms with van der Waals surface area (Å²) >= 11 is 1.35. The zero-order valence-corrected chi connectivity index (χ0v) is 21.5. The topological polar surface area (TPSA) is 83.0 Å². The van der Waals surface area contributed by atoms with E-state index >= 15 is 0 Å². The average molecular weight is 500 g/mol. The smallest absolute Gasteiger partial charge is 0.283 e. The Balaban J connectivity index is 1.36. The summed E-state index contributed by atoms with van der Waals surface area (Å²) in [7, 11) is 0. The van der Waals surface area contributed by atoms with Gasteiger partial charge in [0.2, 0.25) is 5.17 Å². The van der Waals surface area contributed by atoms with Gasteiger partial charge < -0.3 is 9.30 Å². The fourth-order valence-corrected chi connectivity index (χ4v) is 5.12. The van der Waals surface area contributed by atoms with Crippen LogP contribution in [0.25, 0.3) is 17.0 Å². The standard InChI is InChI=1S/C28H29N5O2S/c1-4-18(3)19-10-12-21(13-11-19)35-15-14-32-17-20(22-8-6-7-9-24(22)32)16-23-26(29)33-28(30-27(23)34)36-25(5-2)31-33/h6-13,16-18,29H,4-5,14-15H2,1-3H3/b23-16-,29-26?/t18-/m1/s1. The molecule has 0 saturated heterocycles. The molecule has 184 valence electrons. The number of ether oxygens (including phenoxy) is 1. The monoisotopic (exact) mass is 499 g/mol. The first-order valence-electron chi connectivity index (χ1n) is 12.3. The molecular weight excluding hydrogens is 470 g/mol. The number of carbonyl (C=O) groups excluding carboxylic acids is 1. The van der Waals surface area contributed by atoms with E-state index in [9.17, 15) is 4.79 Å². The van der Waals surface area contributed by atoms with E-state index in [0.29, 0.717) is 24.2 Å². The van der Waals surface area contributed by atoms with Crippen molar-refractivity contribution < 1.29 is 9.53 Å². The Kier molecular flexibility index (Phi) is 6.78. The van der Waals surface area contributed by atoms with Crippen LogP contribution in [0, 0.1) is 5.41 Å². The number of rotatable bonds is 8. The predicted molar refractivity (Wildman–Crippen MR) is 148 cm³/mol. The number of benzene rings is 2. The third-order valence-corrected chi connectivity index (χ3v) is 7.63. The van der Waals surface area contributed by atoms with Crippen molar-refractivity contribution in [2.75, 3.05) is 6.61 Å². The summed E-state index contributed by atoms with van der Waals surface area (Å²) < 4.78 is 8.15. The molecule has 2 aliphatic heterocycles. The number of amides is 1. The summed E-state index contributed by atoms with van der Waals surface area (Å²) in [5, 5.41) is 16.8. The van der Waals surface area contributed by atoms with E-state index in [1.54, 1.807) is 6.08 Å². The van der Waals surface area contributed by atoms with Crippen molar-refractivity contribution >= 4 is 50.7 Å². The SMILES string of the molecule is CCC1=NN2C(=N)/C(=C/c3cn(CCOc4ccc([C@H](C)CC)cc4)c4ccccc34)C(=O)N=C2S1. The zero-order chi connectivity index (χ0) is 25.2. The number of hydrazone groups is 1. The lowest BCUT2D eigenvalue weighted by Gasteiger charge is -2.20. The lowest BCUT2D eigenvalue weighted by atomic mass is 9.99. The minimum Gasteiger partial charge on any atom is -0.492 e. The Bertz CT molecular complexity index is 1420. The van der Waals surface area contributed by atoms with Gasteiger partial charge in [0.25, 0.3) is 5.91 Å². The number of nitrogens with one attached hydrogen (secondary N) is 1. The number of nitrogens with zero attached hydrogens (tertiary/aromatic N) is 4. The number of hydrogen-bond acceptors (Lipinski definition) is 5. The van der Waals surface area contributed by atoms with Gasteiger partial charge in [-0.1, -0.05) is 51.1 Å². The van der Waals surface area contributed by atoms with Gasteiger partial charge in [-0.15, -0.1) is 0 Å². The molecule has 0 bridgehead atoms. The first kappa shape index (κ1) is 24.1. The van der Waals surface area contributed by atoms with Crippen LogP contribution in [0.5, 0.6) is 5.75 Å². The Hall–Kier alpha value is -3.65. The van der Waals surface area contributed by atoms with Gasteiger partial charge in [0.05, 0.1) is 12.1 Å². The van der Waals surface area contributed by atoms with Gasteiger partial charge in [-0.3, -0.25) is 10.2 Å². The number of amidine groups is 2. The number of aliphatic imine (C=N–C) groups is 1. The fourth-order valence-electron chi connectivity index (χ4n) is 4.30. The molecule has 1 amide bonds. The molecule has 0 aliphatic carbocycles. The number of aromatic nitrogens is 1. The van der Waals surface area contributed by atoms with Crippen molar-refractivity contribution in [2.24, 2.45) is 10.1 Å². The molecule has 0 unspecified atom stereocenters. The van der Waals surface area contributed by atoms with Crippen LogP contribution in [0.4, 0.5) is 0 Å². The first-order valence-corrected chi connectivity index (χ1v) is 13.1. The molecule has 1 N–H and O–H groups in total. The molecule has 5 rings (SSSR count). The minimum absolute atomic E-state index is 0.0574. The van der Waals surface area contributed by atoms with Crippen LogP contribution >= 0.6 is 11.8 Å². The Morgan fingerprint density at radius 1 is 1.14 bits per heavy atom. The molecule has 0 spiro atoms. The summed E-state index contributed by atoms with van der Waals surface area (Å²) in [5.41, 5.74) is 3.47. The van der Waals surface area contributed by atoms with Crippen LogP contribution in [-0.2, 0) is 11.3 Å². The number of thioether (sulfide) groups is 1. The maximum Gasteiger partial charge on any atom is 0.283 e. The molecule has 2 aromatic carbocycles. The summed E-state index contributed by atoms with van der Waals surface area (Å²) in [6.45, 7) is 7.58. The van der Waals surface area contributed by atoms with Crippen molar-refractivity contribution in [3.05, 3.63) is 71.4 Å². The molecule has 36 heavy (non-hydrogen) atoms. The first-order chi connectivity index (χ1) is 17.5. The molecule has 3 aromatic rings. The zero-order valence-electron chi connectivity index (χ0n) is 20.7. The number of carbonyl (C=O) groups is 1. The Morgan fingerprint density at radius 3 is 2.67 bits per heavy atom. The molecule has 0 radical (unpaired) electrons. The van der Waals surface area contributed by atoms with E-state index in [0.717, 1.165) is 40.1 Å². The molecule has 1 aromatic heterocycles. The molecule has 1 atom stereocenters. The van der Waals surface area contributed by atoms with Gasteiger partial charge in [0, 0.05) is 22.7 Å². The number of fused-ring (bicyclic) bond motifs is 2. The summed E-state index contributed by atoms with van der Waals surface area (Å²) in [6.07, 6.45) is 5.61. The number of hydrogen-bond donors (Lipinski definition) is 1. The van der Waals surface area contributed by atoms with Gasteiger partial charge in [0.1, 0.15) is 17.4 Å². The highest BCUT2D eigenvalue weighted by Gasteiger charge is 2.35. The molecule has 2 aliphatic rings. The van der Waals surface area contributed by atoms with Crippen LogP contribution in [-0.4, -0.2) is 38.1 Å². The molecule has 0 saturated carbocycles. The normalized spacial score (nSPS) is 17.4. The summed E-state index contributed by atoms with van der Waals surface area (Å²) in [6, 6.07) is 16.4. The fraction of sp³-hybridized carbons (Fsp3) is 0.286. The second-order valence-electron chi connectivity index (χ2n) is 8.89. The van der Waals surface area contributed by atoms with Crippen molar-refractivity contribution in [1.82, 2.24) is 9.58 Å². The second kappa shape index (κ2) is 10.1. The predicted octanol–water partition coefficient (Wildman–Crippen LogP) is 6.26. The highest BCUT2D eigenvalue weighted by atomic mass is 32.2. The average Bonchev–Trinajstić information content (AvgIpc) is 3.48. The van der Waals surface area contributed by atoms with Crippen molar-refractivity contribution in [2.45, 2.75) is 46.1 Å². The maximum absolute atomic E-state index is 12.8. The van der Waals surface area contributed by atoms with Crippen molar-refractivity contribution in [3.8, 4) is 5.75 Å². The van der Waals surface area contributed by atoms with Crippen LogP contribution in [0.3, 0.4) is 0 Å². The molecule has 3 heterocycles. The number of para-hydroxylation sites is 1. The van der Waals surface area contributed by atoms with E-state index in [4.69, 9.17) is 10.1 Å². The van der Waals surface area contributed by atoms with E-state index < -0.39 is 5.91 Å². The van der Waals surface area contributed by atoms with E-state index in [1.807, 2.05) is 43.5 Å². The van der Waals surface area contributed by atoms with Gasteiger partial charge >= 0.3 is 0 Å². The molecule has 0 fully saturated rings. The van der Waals surface area contributed by atoms with E-state index in [-0.39, 0.29) is 11.4 Å². The van der Waals surface area contributed by atoms with Gasteiger partial charge in [-0.2, -0.15) is 15.1 Å². The highest BCUT2D eigenvalue weighted by Crippen LogP contribution is 2.31. The lowest BCUT2D eigenvalue weighted by molar-refractivity contribution is -0.114. The van der Waals surface area contributed by atoms with Crippen LogP contribution in [0.15, 0.2) is 70.4 Å².